The monoisotopic (exact) mass is 288 g/mol. The molecule has 20 heavy (non-hydrogen) atoms. The summed E-state index contributed by atoms with van der Waals surface area (Å²) in [5.74, 6) is -0.129. The zero-order valence-electron chi connectivity index (χ0n) is 11.6. The Balaban J connectivity index is 2.40. The molecule has 1 saturated carbocycles. The molecule has 0 aliphatic heterocycles. The second-order valence-electron chi connectivity index (χ2n) is 5.76. The molecular formula is C15H19F3O2. The molecule has 1 aromatic carbocycles. The van der Waals surface area contributed by atoms with Crippen molar-refractivity contribution in [3.63, 3.8) is 0 Å². The number of rotatable bonds is 2. The summed E-state index contributed by atoms with van der Waals surface area (Å²) in [6.45, 7) is 3.88. The van der Waals surface area contributed by atoms with Crippen molar-refractivity contribution in [2.75, 3.05) is 0 Å². The molecule has 1 fully saturated rings. The van der Waals surface area contributed by atoms with Gasteiger partial charge in [-0.3, -0.25) is 0 Å². The van der Waals surface area contributed by atoms with Gasteiger partial charge in [0.1, 0.15) is 5.75 Å². The lowest BCUT2D eigenvalue weighted by Gasteiger charge is -2.42. The quantitative estimate of drug-likeness (QED) is 0.882. The SMILES string of the molecule is CC1CCC(C)C(O)(c2ccccc2OC(F)(F)F)C1. The van der Waals surface area contributed by atoms with Gasteiger partial charge in [-0.15, -0.1) is 13.2 Å². The number of hydrogen-bond donors (Lipinski definition) is 1. The first-order valence-electron chi connectivity index (χ1n) is 6.80. The first-order valence-corrected chi connectivity index (χ1v) is 6.80. The Morgan fingerprint density at radius 1 is 1.20 bits per heavy atom. The maximum atomic E-state index is 12.5. The first-order chi connectivity index (χ1) is 9.22. The molecular weight excluding hydrogens is 269 g/mol. The van der Waals surface area contributed by atoms with Crippen molar-refractivity contribution in [2.45, 2.75) is 45.1 Å². The second-order valence-corrected chi connectivity index (χ2v) is 5.76. The summed E-state index contributed by atoms with van der Waals surface area (Å²) in [5, 5.41) is 10.9. The van der Waals surface area contributed by atoms with Gasteiger partial charge in [0, 0.05) is 5.56 Å². The van der Waals surface area contributed by atoms with Gasteiger partial charge >= 0.3 is 6.36 Å². The van der Waals surface area contributed by atoms with Crippen LogP contribution in [0.2, 0.25) is 0 Å². The fourth-order valence-electron chi connectivity index (χ4n) is 3.02. The molecule has 112 valence electrons. The van der Waals surface area contributed by atoms with Crippen LogP contribution in [0.4, 0.5) is 13.2 Å². The third-order valence-corrected chi connectivity index (χ3v) is 4.15. The van der Waals surface area contributed by atoms with Crippen LogP contribution in [0.5, 0.6) is 5.75 Å². The van der Waals surface area contributed by atoms with E-state index in [9.17, 15) is 18.3 Å². The van der Waals surface area contributed by atoms with Crippen LogP contribution in [0.1, 0.15) is 38.7 Å². The minimum absolute atomic E-state index is 0.100. The number of hydrogen-bond acceptors (Lipinski definition) is 2. The highest BCUT2D eigenvalue weighted by Crippen LogP contribution is 2.47. The zero-order chi connectivity index (χ0) is 15.0. The smallest absolute Gasteiger partial charge is 0.405 e. The van der Waals surface area contributed by atoms with Gasteiger partial charge < -0.3 is 9.84 Å². The summed E-state index contributed by atoms with van der Waals surface area (Å²) in [6.07, 6.45) is -2.54. The summed E-state index contributed by atoms with van der Waals surface area (Å²) >= 11 is 0. The molecule has 0 heterocycles. The maximum Gasteiger partial charge on any atom is 0.573 e. The van der Waals surface area contributed by atoms with E-state index in [2.05, 4.69) is 4.74 Å². The predicted molar refractivity (Wildman–Crippen MR) is 69.2 cm³/mol. The van der Waals surface area contributed by atoms with E-state index in [1.807, 2.05) is 13.8 Å². The van der Waals surface area contributed by atoms with E-state index in [1.54, 1.807) is 6.07 Å². The highest BCUT2D eigenvalue weighted by Gasteiger charge is 2.43. The Morgan fingerprint density at radius 3 is 2.50 bits per heavy atom. The van der Waals surface area contributed by atoms with Gasteiger partial charge in [0.2, 0.25) is 0 Å². The van der Waals surface area contributed by atoms with Gasteiger partial charge in [-0.05, 0) is 30.7 Å². The van der Waals surface area contributed by atoms with Crippen molar-refractivity contribution < 1.29 is 23.0 Å². The van der Waals surface area contributed by atoms with Gasteiger partial charge in [0.15, 0.2) is 0 Å². The molecule has 1 aliphatic carbocycles. The van der Waals surface area contributed by atoms with Crippen molar-refractivity contribution in [3.8, 4) is 5.75 Å². The van der Waals surface area contributed by atoms with E-state index in [1.165, 1.54) is 18.2 Å². The average molecular weight is 288 g/mol. The van der Waals surface area contributed by atoms with Crippen LogP contribution in [-0.4, -0.2) is 11.5 Å². The second kappa shape index (κ2) is 5.28. The molecule has 2 nitrogen and oxygen atoms in total. The minimum atomic E-state index is -4.75. The molecule has 2 rings (SSSR count). The number of ether oxygens (including phenoxy) is 1. The van der Waals surface area contributed by atoms with Crippen molar-refractivity contribution in [1.29, 1.82) is 0 Å². The largest absolute Gasteiger partial charge is 0.573 e. The van der Waals surface area contributed by atoms with Crippen LogP contribution in [0.3, 0.4) is 0 Å². The van der Waals surface area contributed by atoms with Crippen LogP contribution in [-0.2, 0) is 5.60 Å². The van der Waals surface area contributed by atoms with Crippen LogP contribution in [0.25, 0.3) is 0 Å². The molecule has 1 aliphatic rings. The predicted octanol–water partition coefficient (Wildman–Crippen LogP) is 4.23. The molecule has 0 radical (unpaired) electrons. The molecule has 1 aromatic rings. The lowest BCUT2D eigenvalue weighted by molar-refractivity contribution is -0.275. The normalized spacial score (nSPS) is 31.1. The van der Waals surface area contributed by atoms with Gasteiger partial charge in [-0.2, -0.15) is 0 Å². The van der Waals surface area contributed by atoms with Crippen LogP contribution in [0.15, 0.2) is 24.3 Å². The Bertz CT molecular complexity index is 472. The third kappa shape index (κ3) is 3.08. The molecule has 0 aromatic heterocycles. The number of halogens is 3. The number of alkyl halides is 3. The molecule has 0 bridgehead atoms. The van der Waals surface area contributed by atoms with Crippen LogP contribution >= 0.6 is 0 Å². The van der Waals surface area contributed by atoms with Gasteiger partial charge in [-0.1, -0.05) is 38.5 Å². The van der Waals surface area contributed by atoms with E-state index in [4.69, 9.17) is 0 Å². The van der Waals surface area contributed by atoms with Crippen molar-refractivity contribution >= 4 is 0 Å². The number of aliphatic hydroxyl groups is 1. The Kier molecular flexibility index (Phi) is 4.00. The van der Waals surface area contributed by atoms with Crippen LogP contribution in [0, 0.1) is 11.8 Å². The molecule has 0 amide bonds. The highest BCUT2D eigenvalue weighted by atomic mass is 19.4. The summed E-state index contributed by atoms with van der Waals surface area (Å²) in [5.41, 5.74) is -1.03. The van der Waals surface area contributed by atoms with Gasteiger partial charge in [0.25, 0.3) is 0 Å². The number of para-hydroxylation sites is 1. The standard InChI is InChI=1S/C15H19F3O2/c1-10-7-8-11(2)14(19,9-10)12-5-3-4-6-13(12)20-15(16,17)18/h3-6,10-11,19H,7-9H2,1-2H3. The van der Waals surface area contributed by atoms with Crippen molar-refractivity contribution in [1.82, 2.24) is 0 Å². The van der Waals surface area contributed by atoms with Gasteiger partial charge in [-0.25, -0.2) is 0 Å². The van der Waals surface area contributed by atoms with E-state index in [0.717, 1.165) is 12.8 Å². The Hall–Kier alpha value is -1.23. The maximum absolute atomic E-state index is 12.5. The fraction of sp³-hybridized carbons (Fsp3) is 0.600. The summed E-state index contributed by atoms with van der Waals surface area (Å²) in [6, 6.07) is 5.88. The fourth-order valence-corrected chi connectivity index (χ4v) is 3.02. The Morgan fingerprint density at radius 2 is 1.85 bits per heavy atom. The molecule has 5 heteroatoms. The van der Waals surface area contributed by atoms with E-state index < -0.39 is 12.0 Å². The lowest BCUT2D eigenvalue weighted by atomic mass is 9.68. The molecule has 0 saturated heterocycles. The van der Waals surface area contributed by atoms with E-state index in [-0.39, 0.29) is 23.1 Å². The van der Waals surface area contributed by atoms with E-state index >= 15 is 0 Å². The lowest BCUT2D eigenvalue weighted by Crippen LogP contribution is -2.39. The summed E-state index contributed by atoms with van der Waals surface area (Å²) < 4.78 is 41.5. The number of benzene rings is 1. The van der Waals surface area contributed by atoms with E-state index in [0.29, 0.717) is 6.42 Å². The Labute approximate surface area is 116 Å². The van der Waals surface area contributed by atoms with Crippen LogP contribution < -0.4 is 4.74 Å². The zero-order valence-corrected chi connectivity index (χ0v) is 11.6. The average Bonchev–Trinajstić information content (AvgIpc) is 2.33. The first kappa shape index (κ1) is 15.2. The van der Waals surface area contributed by atoms with Gasteiger partial charge in [0.05, 0.1) is 5.60 Å². The summed E-state index contributed by atoms with van der Waals surface area (Å²) in [4.78, 5) is 0. The minimum Gasteiger partial charge on any atom is -0.405 e. The molecule has 3 unspecified atom stereocenters. The molecule has 3 atom stereocenters. The summed E-state index contributed by atoms with van der Waals surface area (Å²) in [7, 11) is 0. The molecule has 0 spiro atoms. The van der Waals surface area contributed by atoms with Crippen molar-refractivity contribution in [2.24, 2.45) is 11.8 Å². The highest BCUT2D eigenvalue weighted by molar-refractivity contribution is 5.39. The third-order valence-electron chi connectivity index (χ3n) is 4.15. The van der Waals surface area contributed by atoms with Crippen molar-refractivity contribution in [3.05, 3.63) is 29.8 Å². The molecule has 1 N–H and O–H groups in total. The topological polar surface area (TPSA) is 29.5 Å².